The lowest BCUT2D eigenvalue weighted by Gasteiger charge is -2.24. The summed E-state index contributed by atoms with van der Waals surface area (Å²) in [5.74, 6) is 1.08. The summed E-state index contributed by atoms with van der Waals surface area (Å²) in [5.41, 5.74) is 0.899. The predicted octanol–water partition coefficient (Wildman–Crippen LogP) is 1.01. The number of benzene rings is 1. The molecule has 2 rings (SSSR count). The molecule has 1 aliphatic rings. The van der Waals surface area contributed by atoms with Crippen LogP contribution in [0.2, 0.25) is 0 Å². The third-order valence-electron chi connectivity index (χ3n) is 3.94. The molecule has 0 saturated carbocycles. The van der Waals surface area contributed by atoms with E-state index in [2.05, 4.69) is 0 Å². The summed E-state index contributed by atoms with van der Waals surface area (Å²) in [6, 6.07) is 5.29. The highest BCUT2D eigenvalue weighted by Gasteiger charge is 2.44. The molecule has 0 spiro atoms. The normalized spacial score (nSPS) is 31.5. The van der Waals surface area contributed by atoms with Crippen molar-refractivity contribution in [2.45, 2.75) is 25.3 Å². The molecule has 1 saturated heterocycles. The Bertz CT molecular complexity index is 437. The number of nitrogens with zero attached hydrogens (tertiary/aromatic N) is 1. The molecule has 19 heavy (non-hydrogen) atoms. The summed E-state index contributed by atoms with van der Waals surface area (Å²) < 4.78 is 10.5. The third kappa shape index (κ3) is 2.29. The van der Waals surface area contributed by atoms with Crippen molar-refractivity contribution in [3.05, 3.63) is 23.8 Å². The van der Waals surface area contributed by atoms with Gasteiger partial charge in [0.25, 0.3) is 0 Å². The van der Waals surface area contributed by atoms with Crippen LogP contribution in [0.25, 0.3) is 0 Å². The number of methoxy groups -OCH3 is 2. The molecular weight excluding hydrogens is 246 g/mol. The van der Waals surface area contributed by atoms with E-state index < -0.39 is 12.3 Å². The van der Waals surface area contributed by atoms with Crippen molar-refractivity contribution in [2.24, 2.45) is 5.92 Å². The molecule has 0 aliphatic carbocycles. The van der Waals surface area contributed by atoms with Crippen LogP contribution in [0, 0.1) is 5.92 Å². The fourth-order valence-corrected chi connectivity index (χ4v) is 2.71. The van der Waals surface area contributed by atoms with Crippen molar-refractivity contribution in [3.8, 4) is 11.5 Å². The number of aliphatic hydroxyl groups is 2. The summed E-state index contributed by atoms with van der Waals surface area (Å²) in [5, 5.41) is 20.3. The number of hydrogen-bond acceptors (Lipinski definition) is 5. The largest absolute Gasteiger partial charge is 0.493 e. The Labute approximate surface area is 113 Å². The maximum atomic E-state index is 10.3. The monoisotopic (exact) mass is 267 g/mol. The van der Waals surface area contributed by atoms with E-state index in [0.717, 1.165) is 5.56 Å². The van der Waals surface area contributed by atoms with Gasteiger partial charge in [-0.15, -0.1) is 0 Å². The van der Waals surface area contributed by atoms with E-state index in [1.54, 1.807) is 26.2 Å². The molecule has 1 aromatic carbocycles. The topological polar surface area (TPSA) is 62.2 Å². The second-order valence-corrected chi connectivity index (χ2v) is 4.99. The van der Waals surface area contributed by atoms with Crippen LogP contribution in [-0.2, 0) is 0 Å². The summed E-state index contributed by atoms with van der Waals surface area (Å²) in [7, 11) is 4.96. The van der Waals surface area contributed by atoms with E-state index in [9.17, 15) is 10.2 Å². The summed E-state index contributed by atoms with van der Waals surface area (Å²) >= 11 is 0. The zero-order valence-electron chi connectivity index (χ0n) is 11.7. The summed E-state index contributed by atoms with van der Waals surface area (Å²) in [6.45, 7) is 1.84. The van der Waals surface area contributed by atoms with Gasteiger partial charge >= 0.3 is 0 Å². The number of hydrogen-bond donors (Lipinski definition) is 2. The quantitative estimate of drug-likeness (QED) is 0.855. The van der Waals surface area contributed by atoms with E-state index >= 15 is 0 Å². The highest BCUT2D eigenvalue weighted by molar-refractivity contribution is 5.44. The second kappa shape index (κ2) is 5.36. The number of aliphatic hydroxyl groups excluding tert-OH is 2. The average Bonchev–Trinajstić information content (AvgIpc) is 2.62. The maximum Gasteiger partial charge on any atom is 0.161 e. The van der Waals surface area contributed by atoms with Gasteiger partial charge in [0, 0.05) is 5.92 Å². The Balaban J connectivity index is 2.37. The van der Waals surface area contributed by atoms with Crippen LogP contribution in [0.15, 0.2) is 18.2 Å². The smallest absolute Gasteiger partial charge is 0.161 e. The predicted molar refractivity (Wildman–Crippen MR) is 71.2 cm³/mol. The molecule has 1 aromatic rings. The van der Waals surface area contributed by atoms with Crippen LogP contribution in [-0.4, -0.2) is 48.7 Å². The number of likely N-dealkylation sites (N-methyl/N-ethyl adjacent to an activating group) is 1. The van der Waals surface area contributed by atoms with Gasteiger partial charge in [-0.25, -0.2) is 0 Å². The molecule has 0 aromatic heterocycles. The number of rotatable bonds is 3. The molecule has 5 nitrogen and oxygen atoms in total. The highest BCUT2D eigenvalue weighted by Crippen LogP contribution is 2.40. The minimum Gasteiger partial charge on any atom is -0.493 e. The Morgan fingerprint density at radius 2 is 1.74 bits per heavy atom. The lowest BCUT2D eigenvalue weighted by molar-refractivity contribution is 0.0127. The van der Waals surface area contributed by atoms with Gasteiger partial charge < -0.3 is 19.7 Å². The molecule has 2 N–H and O–H groups in total. The fraction of sp³-hybridized carbons (Fsp3) is 0.571. The van der Waals surface area contributed by atoms with Crippen LogP contribution in [0.4, 0.5) is 0 Å². The zero-order valence-corrected chi connectivity index (χ0v) is 11.7. The Morgan fingerprint density at radius 3 is 2.21 bits per heavy atom. The van der Waals surface area contributed by atoms with Crippen LogP contribution < -0.4 is 9.47 Å². The molecule has 0 unspecified atom stereocenters. The Morgan fingerprint density at radius 1 is 1.11 bits per heavy atom. The first kappa shape index (κ1) is 14.1. The van der Waals surface area contributed by atoms with Crippen LogP contribution in [0.1, 0.15) is 18.5 Å². The molecule has 0 amide bonds. The average molecular weight is 267 g/mol. The maximum absolute atomic E-state index is 10.3. The number of ether oxygens (including phenoxy) is 2. The van der Waals surface area contributed by atoms with Crippen LogP contribution in [0.5, 0.6) is 11.5 Å². The number of likely N-dealkylation sites (tertiary alicyclic amines) is 1. The molecule has 0 bridgehead atoms. The van der Waals surface area contributed by atoms with Crippen molar-refractivity contribution in [1.29, 1.82) is 0 Å². The first-order valence-corrected chi connectivity index (χ1v) is 6.31. The van der Waals surface area contributed by atoms with Gasteiger partial charge in [-0.2, -0.15) is 0 Å². The van der Waals surface area contributed by atoms with Crippen molar-refractivity contribution >= 4 is 0 Å². The SMILES string of the molecule is COc1ccc([C@H]2[C@@H](O)[C@@H](C)[C@@H](O)N2C)cc1OC. The van der Waals surface area contributed by atoms with Crippen molar-refractivity contribution < 1.29 is 19.7 Å². The third-order valence-corrected chi connectivity index (χ3v) is 3.94. The van der Waals surface area contributed by atoms with Gasteiger partial charge in [0.2, 0.25) is 0 Å². The van der Waals surface area contributed by atoms with E-state index in [1.807, 2.05) is 25.1 Å². The van der Waals surface area contributed by atoms with Crippen LogP contribution >= 0.6 is 0 Å². The lowest BCUT2D eigenvalue weighted by Crippen LogP contribution is -2.29. The van der Waals surface area contributed by atoms with Crippen molar-refractivity contribution in [3.63, 3.8) is 0 Å². The molecule has 0 radical (unpaired) electrons. The summed E-state index contributed by atoms with van der Waals surface area (Å²) in [6.07, 6.45) is -1.26. The van der Waals surface area contributed by atoms with Gasteiger partial charge in [0.15, 0.2) is 11.5 Å². The first-order chi connectivity index (χ1) is 9.01. The minimum atomic E-state index is -0.645. The van der Waals surface area contributed by atoms with E-state index in [1.165, 1.54) is 0 Å². The van der Waals surface area contributed by atoms with Gasteiger partial charge in [0.1, 0.15) is 6.23 Å². The Kier molecular flexibility index (Phi) is 3.99. The van der Waals surface area contributed by atoms with Gasteiger partial charge in [-0.05, 0) is 24.7 Å². The van der Waals surface area contributed by atoms with E-state index in [-0.39, 0.29) is 12.0 Å². The van der Waals surface area contributed by atoms with Gasteiger partial charge in [0.05, 0.1) is 26.4 Å². The minimum absolute atomic E-state index is 0.192. The fourth-order valence-electron chi connectivity index (χ4n) is 2.71. The highest BCUT2D eigenvalue weighted by atomic mass is 16.5. The van der Waals surface area contributed by atoms with Crippen LogP contribution in [0.3, 0.4) is 0 Å². The van der Waals surface area contributed by atoms with Crippen molar-refractivity contribution in [1.82, 2.24) is 4.90 Å². The summed E-state index contributed by atoms with van der Waals surface area (Å²) in [4.78, 5) is 1.77. The lowest BCUT2D eigenvalue weighted by atomic mass is 9.97. The second-order valence-electron chi connectivity index (χ2n) is 4.99. The molecule has 106 valence electrons. The van der Waals surface area contributed by atoms with E-state index in [4.69, 9.17) is 9.47 Å². The molecular formula is C14H21NO4. The molecule has 1 heterocycles. The standard InChI is InChI=1S/C14H21NO4/c1-8-13(16)12(15(2)14(8)17)9-5-6-10(18-3)11(7-9)19-4/h5-8,12-14,16-17H,1-4H3/t8-,12+,13+,14-/m1/s1. The molecule has 1 aliphatic heterocycles. The van der Waals surface area contributed by atoms with Crippen molar-refractivity contribution in [2.75, 3.05) is 21.3 Å². The first-order valence-electron chi connectivity index (χ1n) is 6.31. The molecule has 5 heteroatoms. The van der Waals surface area contributed by atoms with E-state index in [0.29, 0.717) is 11.5 Å². The zero-order chi connectivity index (χ0) is 14.2. The molecule has 4 atom stereocenters. The Hall–Kier alpha value is -1.30. The van der Waals surface area contributed by atoms with Gasteiger partial charge in [-0.3, -0.25) is 4.90 Å². The van der Waals surface area contributed by atoms with Gasteiger partial charge in [-0.1, -0.05) is 13.0 Å². The molecule has 1 fully saturated rings.